The molecule has 1 aliphatic carbocycles. The van der Waals surface area contributed by atoms with Gasteiger partial charge in [0, 0.05) is 10.3 Å². The van der Waals surface area contributed by atoms with Crippen LogP contribution in [0.1, 0.15) is 29.7 Å². The van der Waals surface area contributed by atoms with E-state index in [0.717, 1.165) is 6.54 Å². The third-order valence-corrected chi connectivity index (χ3v) is 4.02. The normalized spacial score (nSPS) is 19.5. The summed E-state index contributed by atoms with van der Waals surface area (Å²) in [4.78, 5) is 1.56. The molecule has 0 amide bonds. The van der Waals surface area contributed by atoms with Crippen LogP contribution >= 0.6 is 11.3 Å². The maximum absolute atomic E-state index is 5.60. The topological polar surface area (TPSA) is 26.0 Å². The highest BCUT2D eigenvalue weighted by atomic mass is 32.1. The lowest BCUT2D eigenvalue weighted by Gasteiger charge is -2.10. The fourth-order valence-corrected chi connectivity index (χ4v) is 2.95. The predicted molar refractivity (Wildman–Crippen MR) is 53.6 cm³/mol. The van der Waals surface area contributed by atoms with Crippen LogP contribution < -0.4 is 5.73 Å². The van der Waals surface area contributed by atoms with E-state index < -0.39 is 0 Å². The first-order valence-corrected chi connectivity index (χ1v) is 5.40. The fourth-order valence-electron chi connectivity index (χ4n) is 1.76. The zero-order valence-electron chi connectivity index (χ0n) is 7.47. The summed E-state index contributed by atoms with van der Waals surface area (Å²) in [6.07, 6.45) is 3.88. The Labute approximate surface area is 77.6 Å². The fraction of sp³-hybridized carbons (Fsp3) is 0.600. The van der Waals surface area contributed by atoms with Gasteiger partial charge in [-0.1, -0.05) is 0 Å². The van der Waals surface area contributed by atoms with Crippen LogP contribution in [0.3, 0.4) is 0 Å². The highest BCUT2D eigenvalue weighted by Gasteiger charge is 2.44. The van der Waals surface area contributed by atoms with E-state index in [1.54, 1.807) is 4.88 Å². The van der Waals surface area contributed by atoms with Crippen LogP contribution in [0.5, 0.6) is 0 Å². The Hall–Kier alpha value is -0.340. The molecule has 1 aliphatic rings. The van der Waals surface area contributed by atoms with Gasteiger partial charge >= 0.3 is 0 Å². The molecule has 2 N–H and O–H groups in total. The lowest BCUT2D eigenvalue weighted by atomic mass is 10.0. The molecule has 1 aromatic heterocycles. The minimum Gasteiger partial charge on any atom is -0.330 e. The molecule has 0 unspecified atom stereocenters. The summed E-state index contributed by atoms with van der Waals surface area (Å²) in [5.41, 5.74) is 7.51. The van der Waals surface area contributed by atoms with Crippen molar-refractivity contribution in [2.75, 3.05) is 6.54 Å². The predicted octanol–water partition coefficient (Wildman–Crippen LogP) is 2.44. The zero-order chi connectivity index (χ0) is 8.60. The molecule has 66 valence electrons. The molecular formula is C10H15NS. The summed E-state index contributed by atoms with van der Waals surface area (Å²) >= 11 is 1.90. The van der Waals surface area contributed by atoms with E-state index in [1.807, 2.05) is 11.3 Å². The van der Waals surface area contributed by atoms with Crippen molar-refractivity contribution in [2.24, 2.45) is 5.73 Å². The van der Waals surface area contributed by atoms with E-state index >= 15 is 0 Å². The van der Waals surface area contributed by atoms with E-state index in [4.69, 9.17) is 5.73 Å². The minimum absolute atomic E-state index is 0.508. The number of rotatable bonds is 3. The van der Waals surface area contributed by atoms with E-state index in [9.17, 15) is 0 Å². The van der Waals surface area contributed by atoms with Crippen LogP contribution in [0.15, 0.2) is 11.4 Å². The summed E-state index contributed by atoms with van der Waals surface area (Å²) in [5.74, 6) is 0. The molecule has 0 aliphatic heterocycles. The molecule has 1 aromatic rings. The highest BCUT2D eigenvalue weighted by molar-refractivity contribution is 7.10. The Bertz CT molecular complexity index is 273. The SMILES string of the molecule is Cc1csc(C2(CCN)CC2)c1. The Morgan fingerprint density at radius 1 is 1.58 bits per heavy atom. The Kier molecular flexibility index (Phi) is 1.97. The minimum atomic E-state index is 0.508. The second-order valence-corrected chi connectivity index (χ2v) is 4.72. The molecule has 12 heavy (non-hydrogen) atoms. The molecule has 0 spiro atoms. The van der Waals surface area contributed by atoms with Crippen molar-refractivity contribution in [1.29, 1.82) is 0 Å². The van der Waals surface area contributed by atoms with Gasteiger partial charge in [-0.05, 0) is 49.7 Å². The van der Waals surface area contributed by atoms with Crippen molar-refractivity contribution in [1.82, 2.24) is 0 Å². The number of thiophene rings is 1. The first kappa shape index (κ1) is 8.27. The number of aryl methyl sites for hydroxylation is 1. The van der Waals surface area contributed by atoms with E-state index in [-0.39, 0.29) is 0 Å². The Morgan fingerprint density at radius 3 is 2.75 bits per heavy atom. The molecule has 1 saturated carbocycles. The smallest absolute Gasteiger partial charge is 0.0110 e. The summed E-state index contributed by atoms with van der Waals surface area (Å²) in [6.45, 7) is 3.00. The van der Waals surface area contributed by atoms with Crippen LogP contribution in [0, 0.1) is 6.92 Å². The van der Waals surface area contributed by atoms with Crippen LogP contribution in [-0.4, -0.2) is 6.54 Å². The monoisotopic (exact) mass is 181 g/mol. The van der Waals surface area contributed by atoms with Crippen molar-refractivity contribution in [3.05, 3.63) is 21.9 Å². The van der Waals surface area contributed by atoms with Gasteiger partial charge in [0.25, 0.3) is 0 Å². The molecule has 0 aromatic carbocycles. The molecule has 1 nitrogen and oxygen atoms in total. The molecule has 1 heterocycles. The van der Waals surface area contributed by atoms with Crippen molar-refractivity contribution in [3.8, 4) is 0 Å². The Morgan fingerprint density at radius 2 is 2.33 bits per heavy atom. The first-order chi connectivity index (χ1) is 5.77. The lowest BCUT2D eigenvalue weighted by Crippen LogP contribution is -2.11. The maximum Gasteiger partial charge on any atom is 0.0110 e. The molecule has 0 radical (unpaired) electrons. The highest BCUT2D eigenvalue weighted by Crippen LogP contribution is 2.52. The van der Waals surface area contributed by atoms with Gasteiger partial charge in [-0.25, -0.2) is 0 Å². The van der Waals surface area contributed by atoms with Gasteiger partial charge in [-0.2, -0.15) is 0 Å². The van der Waals surface area contributed by atoms with Crippen molar-refractivity contribution in [3.63, 3.8) is 0 Å². The van der Waals surface area contributed by atoms with Gasteiger partial charge in [0.1, 0.15) is 0 Å². The van der Waals surface area contributed by atoms with Crippen LogP contribution in [0.2, 0.25) is 0 Å². The molecule has 0 bridgehead atoms. The zero-order valence-corrected chi connectivity index (χ0v) is 8.29. The summed E-state index contributed by atoms with van der Waals surface area (Å²) in [7, 11) is 0. The number of nitrogens with two attached hydrogens (primary N) is 1. The van der Waals surface area contributed by atoms with Gasteiger partial charge in [-0.15, -0.1) is 11.3 Å². The average Bonchev–Trinajstić information content (AvgIpc) is 2.69. The molecule has 2 rings (SSSR count). The third kappa shape index (κ3) is 1.29. The number of hydrogen-bond donors (Lipinski definition) is 1. The van der Waals surface area contributed by atoms with E-state index in [0.29, 0.717) is 5.41 Å². The number of hydrogen-bond acceptors (Lipinski definition) is 2. The van der Waals surface area contributed by atoms with Gasteiger partial charge < -0.3 is 5.73 Å². The van der Waals surface area contributed by atoms with Gasteiger partial charge in [0.2, 0.25) is 0 Å². The average molecular weight is 181 g/mol. The van der Waals surface area contributed by atoms with E-state index in [2.05, 4.69) is 18.4 Å². The summed E-state index contributed by atoms with van der Waals surface area (Å²) in [5, 5.41) is 2.24. The molecule has 1 fully saturated rings. The van der Waals surface area contributed by atoms with Crippen molar-refractivity contribution >= 4 is 11.3 Å². The quantitative estimate of drug-likeness (QED) is 0.761. The van der Waals surface area contributed by atoms with Crippen molar-refractivity contribution in [2.45, 2.75) is 31.6 Å². The third-order valence-electron chi connectivity index (χ3n) is 2.73. The largest absolute Gasteiger partial charge is 0.330 e. The van der Waals surface area contributed by atoms with Crippen molar-refractivity contribution < 1.29 is 0 Å². The van der Waals surface area contributed by atoms with Gasteiger partial charge in [-0.3, -0.25) is 0 Å². The summed E-state index contributed by atoms with van der Waals surface area (Å²) in [6, 6.07) is 2.33. The van der Waals surface area contributed by atoms with Gasteiger partial charge in [0.05, 0.1) is 0 Å². The van der Waals surface area contributed by atoms with E-state index in [1.165, 1.54) is 24.8 Å². The molecule has 2 heteroatoms. The van der Waals surface area contributed by atoms with Crippen LogP contribution in [0.4, 0.5) is 0 Å². The standard InChI is InChI=1S/C10H15NS/c1-8-6-9(12-7-8)10(2-3-10)4-5-11/h6-7H,2-5,11H2,1H3. The van der Waals surface area contributed by atoms with Crippen LogP contribution in [-0.2, 0) is 5.41 Å². The summed E-state index contributed by atoms with van der Waals surface area (Å²) < 4.78 is 0. The second-order valence-electron chi connectivity index (χ2n) is 3.81. The lowest BCUT2D eigenvalue weighted by molar-refractivity contribution is 0.640. The Balaban J connectivity index is 2.18. The molecule has 0 saturated heterocycles. The molecule has 0 atom stereocenters. The first-order valence-electron chi connectivity index (χ1n) is 4.52. The maximum atomic E-state index is 5.60. The molecular weight excluding hydrogens is 166 g/mol. The second kappa shape index (κ2) is 2.86. The van der Waals surface area contributed by atoms with Gasteiger partial charge in [0.15, 0.2) is 0 Å². The van der Waals surface area contributed by atoms with Crippen LogP contribution in [0.25, 0.3) is 0 Å².